The highest BCUT2D eigenvalue weighted by molar-refractivity contribution is 7.85. The third kappa shape index (κ3) is 9.42. The lowest BCUT2D eigenvalue weighted by Crippen LogP contribution is -2.40. The smallest absolute Gasteiger partial charge is 0.294 e. The summed E-state index contributed by atoms with van der Waals surface area (Å²) >= 11 is 0. The second-order valence-corrected chi connectivity index (χ2v) is 8.57. The number of amides is 3. The van der Waals surface area contributed by atoms with Gasteiger partial charge in [-0.05, 0) is 36.6 Å². The van der Waals surface area contributed by atoms with Crippen LogP contribution in [0.2, 0.25) is 0 Å². The molecule has 2 aromatic rings. The first-order valence-electron chi connectivity index (χ1n) is 10.4. The van der Waals surface area contributed by atoms with E-state index < -0.39 is 10.1 Å². The topological polar surface area (TPSA) is 179 Å². The van der Waals surface area contributed by atoms with Crippen LogP contribution in [0.5, 0.6) is 0 Å². The Kier molecular flexibility index (Phi) is 10.2. The number of benzene rings is 1. The Morgan fingerprint density at radius 2 is 1.79 bits per heavy atom. The first-order chi connectivity index (χ1) is 16.2. The SMILES string of the molecule is CC(=O)NNC(=O)CCCCCNC(=O)c1ccc(N=NCc2ccccc2S(=O)(=O)O)nc1. The molecule has 4 N–H and O–H groups in total. The van der Waals surface area contributed by atoms with Gasteiger partial charge in [-0.2, -0.15) is 13.5 Å². The Hall–Kier alpha value is -3.71. The maximum Gasteiger partial charge on any atom is 0.294 e. The molecular weight excluding hydrogens is 464 g/mol. The Balaban J connectivity index is 1.73. The van der Waals surface area contributed by atoms with Crippen LogP contribution in [0, 0.1) is 0 Å². The standard InChI is InChI=1S/C21H26N6O6S/c1-15(28)25-27-20(29)9-3-2-6-12-22-21(30)17-10-11-19(23-13-17)26-24-14-16-7-4-5-8-18(16)34(31,32)33/h4-5,7-8,10-11,13H,2-3,6,9,12,14H2,1H3,(H,22,30)(H,25,28)(H,27,29)(H,31,32,33). The summed E-state index contributed by atoms with van der Waals surface area (Å²) in [5, 5.41) is 10.6. The van der Waals surface area contributed by atoms with Gasteiger partial charge in [-0.3, -0.25) is 29.8 Å². The Morgan fingerprint density at radius 3 is 2.47 bits per heavy atom. The first kappa shape index (κ1) is 26.5. The van der Waals surface area contributed by atoms with Crippen LogP contribution < -0.4 is 16.2 Å². The van der Waals surface area contributed by atoms with Crippen LogP contribution in [0.15, 0.2) is 57.7 Å². The molecule has 0 saturated carbocycles. The molecule has 1 aromatic carbocycles. The molecule has 13 heteroatoms. The summed E-state index contributed by atoms with van der Waals surface area (Å²) in [6.45, 7) is 1.65. The number of hydrogen-bond donors (Lipinski definition) is 4. The lowest BCUT2D eigenvalue weighted by molar-refractivity contribution is -0.127. The highest BCUT2D eigenvalue weighted by Gasteiger charge is 2.14. The van der Waals surface area contributed by atoms with Crippen molar-refractivity contribution in [3.63, 3.8) is 0 Å². The van der Waals surface area contributed by atoms with Gasteiger partial charge in [0.25, 0.3) is 16.0 Å². The van der Waals surface area contributed by atoms with Gasteiger partial charge in [-0.1, -0.05) is 24.6 Å². The fourth-order valence-electron chi connectivity index (χ4n) is 2.76. The number of pyridine rings is 1. The van der Waals surface area contributed by atoms with Crippen LogP contribution in [0.1, 0.15) is 48.5 Å². The van der Waals surface area contributed by atoms with E-state index in [1.165, 1.54) is 43.5 Å². The molecule has 0 aliphatic carbocycles. The summed E-state index contributed by atoms with van der Waals surface area (Å²) in [5.41, 5.74) is 5.13. The van der Waals surface area contributed by atoms with E-state index >= 15 is 0 Å². The average molecular weight is 491 g/mol. The van der Waals surface area contributed by atoms with Gasteiger partial charge in [0.1, 0.15) is 0 Å². The summed E-state index contributed by atoms with van der Waals surface area (Å²) in [6.07, 6.45) is 3.66. The maximum atomic E-state index is 12.2. The second kappa shape index (κ2) is 13.1. The predicted molar refractivity (Wildman–Crippen MR) is 121 cm³/mol. The third-order valence-corrected chi connectivity index (χ3v) is 5.37. The van der Waals surface area contributed by atoms with Gasteiger partial charge in [-0.15, -0.1) is 5.11 Å². The van der Waals surface area contributed by atoms with E-state index in [2.05, 4.69) is 31.4 Å². The molecule has 0 unspecified atom stereocenters. The Labute approximate surface area is 197 Å². The molecule has 1 aromatic heterocycles. The molecule has 0 spiro atoms. The number of carbonyl (C=O) groups excluding carboxylic acids is 3. The number of nitrogens with one attached hydrogen (secondary N) is 3. The number of aromatic nitrogens is 1. The number of unbranched alkanes of at least 4 members (excludes halogenated alkanes) is 2. The summed E-state index contributed by atoms with van der Waals surface area (Å²) in [4.78, 5) is 38.1. The molecule has 0 atom stereocenters. The molecule has 0 aliphatic heterocycles. The number of azo groups is 1. The fourth-order valence-corrected chi connectivity index (χ4v) is 3.48. The van der Waals surface area contributed by atoms with Crippen molar-refractivity contribution in [1.29, 1.82) is 0 Å². The van der Waals surface area contributed by atoms with Gasteiger partial charge in [0.05, 0.1) is 17.0 Å². The number of hydrazine groups is 1. The van der Waals surface area contributed by atoms with Gasteiger partial charge in [0.15, 0.2) is 5.82 Å². The largest absolute Gasteiger partial charge is 0.352 e. The van der Waals surface area contributed by atoms with Crippen molar-refractivity contribution >= 4 is 33.7 Å². The lowest BCUT2D eigenvalue weighted by Gasteiger charge is -2.06. The van der Waals surface area contributed by atoms with Gasteiger partial charge in [-0.25, -0.2) is 4.98 Å². The number of nitrogens with zero attached hydrogens (tertiary/aromatic N) is 3. The van der Waals surface area contributed by atoms with Crippen molar-refractivity contribution in [3.8, 4) is 0 Å². The molecule has 1 heterocycles. The molecule has 0 bridgehead atoms. The van der Waals surface area contributed by atoms with E-state index in [9.17, 15) is 27.4 Å². The average Bonchev–Trinajstić information content (AvgIpc) is 2.80. The molecule has 34 heavy (non-hydrogen) atoms. The van der Waals surface area contributed by atoms with Crippen molar-refractivity contribution in [2.45, 2.75) is 44.0 Å². The van der Waals surface area contributed by atoms with Gasteiger partial charge in [0, 0.05) is 26.1 Å². The summed E-state index contributed by atoms with van der Waals surface area (Å²) in [7, 11) is -4.36. The lowest BCUT2D eigenvalue weighted by atomic mass is 10.2. The highest BCUT2D eigenvalue weighted by atomic mass is 32.2. The molecule has 182 valence electrons. The highest BCUT2D eigenvalue weighted by Crippen LogP contribution is 2.17. The van der Waals surface area contributed by atoms with Gasteiger partial charge < -0.3 is 5.32 Å². The molecule has 0 radical (unpaired) electrons. The van der Waals surface area contributed by atoms with Crippen LogP contribution in [0.25, 0.3) is 0 Å². The first-order valence-corrected chi connectivity index (χ1v) is 11.8. The molecule has 2 rings (SSSR count). The Morgan fingerprint density at radius 1 is 1.03 bits per heavy atom. The summed E-state index contributed by atoms with van der Waals surface area (Å²) in [5.74, 6) is -0.687. The van der Waals surface area contributed by atoms with E-state index in [0.29, 0.717) is 24.9 Å². The van der Waals surface area contributed by atoms with Gasteiger partial charge >= 0.3 is 0 Å². The van der Waals surface area contributed by atoms with E-state index in [1.807, 2.05) is 0 Å². The second-order valence-electron chi connectivity index (χ2n) is 7.18. The molecular formula is C21H26N6O6S. The minimum absolute atomic E-state index is 0.0746. The number of carbonyl (C=O) groups is 3. The van der Waals surface area contributed by atoms with Crippen LogP contribution in [-0.4, -0.2) is 42.2 Å². The number of hydrogen-bond acceptors (Lipinski definition) is 8. The van der Waals surface area contributed by atoms with E-state index in [1.54, 1.807) is 6.07 Å². The quantitative estimate of drug-likeness (QED) is 0.161. The molecule has 0 saturated heterocycles. The minimum Gasteiger partial charge on any atom is -0.352 e. The zero-order valence-corrected chi connectivity index (χ0v) is 19.3. The minimum atomic E-state index is -4.36. The predicted octanol–water partition coefficient (Wildman–Crippen LogP) is 2.07. The summed E-state index contributed by atoms with van der Waals surface area (Å²) in [6, 6.07) is 8.94. The zero-order valence-electron chi connectivity index (χ0n) is 18.5. The van der Waals surface area contributed by atoms with Crippen molar-refractivity contribution in [2.24, 2.45) is 10.2 Å². The van der Waals surface area contributed by atoms with Crippen LogP contribution >= 0.6 is 0 Å². The monoisotopic (exact) mass is 490 g/mol. The molecule has 0 fully saturated rings. The van der Waals surface area contributed by atoms with Crippen molar-refractivity contribution in [1.82, 2.24) is 21.2 Å². The van der Waals surface area contributed by atoms with Crippen LogP contribution in [0.4, 0.5) is 5.82 Å². The van der Waals surface area contributed by atoms with Crippen LogP contribution in [-0.2, 0) is 26.3 Å². The summed E-state index contributed by atoms with van der Waals surface area (Å²) < 4.78 is 32.0. The fraction of sp³-hybridized carbons (Fsp3) is 0.333. The molecule has 12 nitrogen and oxygen atoms in total. The van der Waals surface area contributed by atoms with Crippen molar-refractivity contribution in [3.05, 3.63) is 53.7 Å². The Bertz CT molecular complexity index is 1130. The normalized spacial score (nSPS) is 11.2. The van der Waals surface area contributed by atoms with Crippen LogP contribution in [0.3, 0.4) is 0 Å². The van der Waals surface area contributed by atoms with Crippen molar-refractivity contribution in [2.75, 3.05) is 6.54 Å². The van der Waals surface area contributed by atoms with E-state index in [4.69, 9.17) is 0 Å². The molecule has 3 amide bonds. The van der Waals surface area contributed by atoms with Crippen molar-refractivity contribution < 1.29 is 27.4 Å². The van der Waals surface area contributed by atoms with E-state index in [-0.39, 0.29) is 47.0 Å². The maximum absolute atomic E-state index is 12.2. The molecule has 0 aliphatic rings. The third-order valence-electron chi connectivity index (χ3n) is 4.42. The number of rotatable bonds is 11. The zero-order chi connectivity index (χ0) is 25.0. The van der Waals surface area contributed by atoms with E-state index in [0.717, 1.165) is 6.42 Å². The van der Waals surface area contributed by atoms with Gasteiger partial charge in [0.2, 0.25) is 11.8 Å².